The summed E-state index contributed by atoms with van der Waals surface area (Å²) in [5, 5.41) is 0. The maximum atomic E-state index is 12.2. The Bertz CT molecular complexity index is 751. The number of carbonyl (C=O) groups is 2. The molecule has 6 nitrogen and oxygen atoms in total. The summed E-state index contributed by atoms with van der Waals surface area (Å²) in [6.45, 7) is 1.40. The Balaban J connectivity index is 1.85. The van der Waals surface area contributed by atoms with Crippen LogP contribution in [-0.4, -0.2) is 39.2 Å². The highest BCUT2D eigenvalue weighted by Gasteiger charge is 2.16. The molecule has 26 heavy (non-hydrogen) atoms. The number of methoxy groups -OCH3 is 2. The quantitative estimate of drug-likeness (QED) is 0.507. The lowest BCUT2D eigenvalue weighted by molar-refractivity contribution is -0.144. The maximum absolute atomic E-state index is 12.2. The van der Waals surface area contributed by atoms with Gasteiger partial charge in [-0.1, -0.05) is 19.1 Å². The smallest absolute Gasteiger partial charge is 0.344 e. The van der Waals surface area contributed by atoms with Gasteiger partial charge in [0.25, 0.3) is 0 Å². The van der Waals surface area contributed by atoms with E-state index >= 15 is 0 Å². The lowest BCUT2D eigenvalue weighted by Crippen LogP contribution is -2.19. The molecule has 0 heterocycles. The van der Waals surface area contributed by atoms with Crippen molar-refractivity contribution in [2.24, 2.45) is 0 Å². The lowest BCUT2D eigenvalue weighted by atomic mass is 10.1. The van der Waals surface area contributed by atoms with Crippen molar-refractivity contribution in [3.63, 3.8) is 0 Å². The van der Waals surface area contributed by atoms with E-state index in [2.05, 4.69) is 6.92 Å². The third-order valence-corrected chi connectivity index (χ3v) is 3.76. The van der Waals surface area contributed by atoms with Crippen LogP contribution in [0, 0.1) is 0 Å². The van der Waals surface area contributed by atoms with Crippen LogP contribution in [0.2, 0.25) is 0 Å². The summed E-state index contributed by atoms with van der Waals surface area (Å²) in [6, 6.07) is 12.2. The largest absolute Gasteiger partial charge is 0.497 e. The molecule has 2 rings (SSSR count). The second-order valence-corrected chi connectivity index (χ2v) is 5.44. The highest BCUT2D eigenvalue weighted by molar-refractivity contribution is 6.00. The maximum Gasteiger partial charge on any atom is 0.344 e. The standard InChI is InChI=1S/C20H22O6/c1-4-14-5-7-15(8-6-14)25-13-20(22)26-12-18(21)17-10-9-16(23-2)11-19(17)24-3/h5-11H,4,12-13H2,1-3H3. The summed E-state index contributed by atoms with van der Waals surface area (Å²) < 4.78 is 20.6. The predicted octanol–water partition coefficient (Wildman–Crippen LogP) is 3.07. The van der Waals surface area contributed by atoms with E-state index in [0.29, 0.717) is 22.8 Å². The Morgan fingerprint density at radius 1 is 0.885 bits per heavy atom. The number of carbonyl (C=O) groups excluding carboxylic acids is 2. The molecule has 0 radical (unpaired) electrons. The third kappa shape index (κ3) is 5.24. The molecule has 2 aromatic rings. The van der Waals surface area contributed by atoms with E-state index < -0.39 is 5.97 Å². The van der Waals surface area contributed by atoms with Gasteiger partial charge in [-0.3, -0.25) is 4.79 Å². The van der Waals surface area contributed by atoms with E-state index in [1.54, 1.807) is 30.3 Å². The van der Waals surface area contributed by atoms with Gasteiger partial charge in [-0.05, 0) is 36.2 Å². The minimum Gasteiger partial charge on any atom is -0.497 e. The molecule has 0 atom stereocenters. The summed E-state index contributed by atoms with van der Waals surface area (Å²) >= 11 is 0. The number of rotatable bonds is 9. The zero-order valence-electron chi connectivity index (χ0n) is 15.1. The van der Waals surface area contributed by atoms with Crippen molar-refractivity contribution in [1.29, 1.82) is 0 Å². The highest BCUT2D eigenvalue weighted by atomic mass is 16.6. The Labute approximate surface area is 152 Å². The van der Waals surface area contributed by atoms with Gasteiger partial charge in [-0.2, -0.15) is 0 Å². The van der Waals surface area contributed by atoms with Gasteiger partial charge in [0.05, 0.1) is 19.8 Å². The van der Waals surface area contributed by atoms with Crippen LogP contribution in [-0.2, 0) is 16.0 Å². The number of hydrogen-bond acceptors (Lipinski definition) is 6. The molecule has 0 bridgehead atoms. The van der Waals surface area contributed by atoms with Crippen molar-refractivity contribution in [2.45, 2.75) is 13.3 Å². The third-order valence-electron chi connectivity index (χ3n) is 3.76. The van der Waals surface area contributed by atoms with Crippen molar-refractivity contribution in [1.82, 2.24) is 0 Å². The molecule has 0 saturated heterocycles. The van der Waals surface area contributed by atoms with Gasteiger partial charge in [0.2, 0.25) is 5.78 Å². The van der Waals surface area contributed by atoms with E-state index in [4.69, 9.17) is 18.9 Å². The van der Waals surface area contributed by atoms with Gasteiger partial charge in [0.1, 0.15) is 17.2 Å². The van der Waals surface area contributed by atoms with Crippen molar-refractivity contribution in [3.05, 3.63) is 53.6 Å². The van der Waals surface area contributed by atoms with Gasteiger partial charge >= 0.3 is 5.97 Å². The van der Waals surface area contributed by atoms with Gasteiger partial charge in [-0.25, -0.2) is 4.79 Å². The van der Waals surface area contributed by atoms with E-state index in [1.807, 2.05) is 12.1 Å². The van der Waals surface area contributed by atoms with Crippen LogP contribution in [0.25, 0.3) is 0 Å². The first-order valence-corrected chi connectivity index (χ1v) is 8.20. The summed E-state index contributed by atoms with van der Waals surface area (Å²) in [4.78, 5) is 24.0. The minimum absolute atomic E-state index is 0.265. The molecule has 138 valence electrons. The summed E-state index contributed by atoms with van der Waals surface area (Å²) in [5.74, 6) is 0.508. The molecule has 0 spiro atoms. The molecule has 0 aromatic heterocycles. The van der Waals surface area contributed by atoms with Crippen molar-refractivity contribution >= 4 is 11.8 Å². The topological polar surface area (TPSA) is 71.1 Å². The summed E-state index contributed by atoms with van der Waals surface area (Å²) in [7, 11) is 2.98. The number of esters is 1. The number of benzene rings is 2. The normalized spacial score (nSPS) is 10.1. The van der Waals surface area contributed by atoms with Crippen LogP contribution in [0.15, 0.2) is 42.5 Å². The molecule has 0 amide bonds. The minimum atomic E-state index is -0.620. The molecule has 0 aliphatic rings. The fourth-order valence-corrected chi connectivity index (χ4v) is 2.26. The molecule has 0 aliphatic carbocycles. The highest BCUT2D eigenvalue weighted by Crippen LogP contribution is 2.25. The lowest BCUT2D eigenvalue weighted by Gasteiger charge is -2.10. The Hall–Kier alpha value is -3.02. The van der Waals surface area contributed by atoms with E-state index in [9.17, 15) is 9.59 Å². The fraction of sp³-hybridized carbons (Fsp3) is 0.300. The number of ether oxygens (including phenoxy) is 4. The van der Waals surface area contributed by atoms with Crippen LogP contribution >= 0.6 is 0 Å². The Kier molecular flexibility index (Phi) is 7.02. The molecular formula is C20H22O6. The van der Waals surface area contributed by atoms with Crippen LogP contribution in [0.4, 0.5) is 0 Å². The van der Waals surface area contributed by atoms with E-state index in [0.717, 1.165) is 6.42 Å². The molecule has 2 aromatic carbocycles. The molecule has 0 N–H and O–H groups in total. The average molecular weight is 358 g/mol. The average Bonchev–Trinajstić information content (AvgIpc) is 2.70. The van der Waals surface area contributed by atoms with Crippen molar-refractivity contribution in [2.75, 3.05) is 27.4 Å². The second-order valence-electron chi connectivity index (χ2n) is 5.44. The molecular weight excluding hydrogens is 336 g/mol. The number of hydrogen-bond donors (Lipinski definition) is 0. The number of Topliss-reactive ketones (excluding diaryl/α,β-unsaturated/α-hetero) is 1. The first kappa shape index (κ1) is 19.3. The van der Waals surface area contributed by atoms with E-state index in [1.165, 1.54) is 19.8 Å². The zero-order chi connectivity index (χ0) is 18.9. The Morgan fingerprint density at radius 2 is 1.58 bits per heavy atom. The predicted molar refractivity (Wildman–Crippen MR) is 96.2 cm³/mol. The van der Waals surface area contributed by atoms with E-state index in [-0.39, 0.29) is 19.0 Å². The first-order chi connectivity index (χ1) is 12.6. The van der Waals surface area contributed by atoms with Gasteiger partial charge in [0, 0.05) is 6.07 Å². The van der Waals surface area contributed by atoms with Gasteiger partial charge < -0.3 is 18.9 Å². The number of aryl methyl sites for hydroxylation is 1. The molecule has 0 aliphatic heterocycles. The Morgan fingerprint density at radius 3 is 2.19 bits per heavy atom. The van der Waals surface area contributed by atoms with Gasteiger partial charge in [-0.15, -0.1) is 0 Å². The first-order valence-electron chi connectivity index (χ1n) is 8.20. The van der Waals surface area contributed by atoms with Crippen LogP contribution in [0.1, 0.15) is 22.8 Å². The SMILES string of the molecule is CCc1ccc(OCC(=O)OCC(=O)c2ccc(OC)cc2OC)cc1. The zero-order valence-corrected chi connectivity index (χ0v) is 15.1. The van der Waals surface area contributed by atoms with Crippen LogP contribution in [0.3, 0.4) is 0 Å². The van der Waals surface area contributed by atoms with Crippen LogP contribution in [0.5, 0.6) is 17.2 Å². The molecule has 0 fully saturated rings. The van der Waals surface area contributed by atoms with Crippen LogP contribution < -0.4 is 14.2 Å². The van der Waals surface area contributed by atoms with Crippen molar-refractivity contribution < 1.29 is 28.5 Å². The second kappa shape index (κ2) is 9.46. The molecule has 0 saturated carbocycles. The number of ketones is 1. The molecule has 0 unspecified atom stereocenters. The molecule has 6 heteroatoms. The fourth-order valence-electron chi connectivity index (χ4n) is 2.26. The summed E-state index contributed by atoms with van der Waals surface area (Å²) in [6.07, 6.45) is 0.930. The monoisotopic (exact) mass is 358 g/mol. The van der Waals surface area contributed by atoms with Gasteiger partial charge in [0.15, 0.2) is 13.2 Å². The summed E-state index contributed by atoms with van der Waals surface area (Å²) in [5.41, 5.74) is 1.50. The van der Waals surface area contributed by atoms with Crippen molar-refractivity contribution in [3.8, 4) is 17.2 Å².